The van der Waals surface area contributed by atoms with E-state index >= 15 is 0 Å². The third-order valence-electron chi connectivity index (χ3n) is 1.81. The lowest BCUT2D eigenvalue weighted by molar-refractivity contribution is 0.427. The van der Waals surface area contributed by atoms with Crippen LogP contribution < -0.4 is 0 Å². The fourth-order valence-electron chi connectivity index (χ4n) is 1.01. The molecule has 0 atom stereocenters. The highest BCUT2D eigenvalue weighted by molar-refractivity contribution is 6.13. The zero-order chi connectivity index (χ0) is 9.23. The van der Waals surface area contributed by atoms with Crippen molar-refractivity contribution in [1.82, 2.24) is 4.42 Å². The van der Waals surface area contributed by atoms with Crippen molar-refractivity contribution < 1.29 is 0 Å². The van der Waals surface area contributed by atoms with E-state index in [0.717, 1.165) is 19.5 Å². The molecule has 0 aromatic carbocycles. The average molecular weight is 190 g/mol. The van der Waals surface area contributed by atoms with E-state index in [2.05, 4.69) is 13.5 Å². The highest BCUT2D eigenvalue weighted by Gasteiger charge is 1.97. The minimum absolute atomic E-state index is 1.01. The van der Waals surface area contributed by atoms with Gasteiger partial charge in [-0.3, -0.25) is 0 Å². The minimum Gasteiger partial charge on any atom is -0.220 e. The molecule has 0 heterocycles. The van der Waals surface area contributed by atoms with Gasteiger partial charge in [-0.25, -0.2) is 4.42 Å². The summed E-state index contributed by atoms with van der Waals surface area (Å²) < 4.78 is 1.90. The monoisotopic (exact) mass is 189 g/mol. The Kier molecular flexibility index (Phi) is 9.07. The van der Waals surface area contributed by atoms with E-state index in [4.69, 9.17) is 11.8 Å². The Hall–Kier alpha value is -0.0100. The van der Waals surface area contributed by atoms with Gasteiger partial charge in [0, 0.05) is 13.1 Å². The maximum atomic E-state index is 5.95. The van der Waals surface area contributed by atoms with Crippen molar-refractivity contribution in [2.24, 2.45) is 0 Å². The summed E-state index contributed by atoms with van der Waals surface area (Å²) in [6.45, 7) is 7.89. The molecule has 0 aliphatic carbocycles. The smallest absolute Gasteiger partial charge is 0.0139 e. The predicted octanol–water partition coefficient (Wildman–Crippen LogP) is 3.60. The molecule has 0 spiro atoms. The Morgan fingerprint density at radius 1 is 1.25 bits per heavy atom. The van der Waals surface area contributed by atoms with E-state index in [0.29, 0.717) is 0 Å². The number of halogens is 1. The van der Waals surface area contributed by atoms with Gasteiger partial charge >= 0.3 is 0 Å². The lowest BCUT2D eigenvalue weighted by Gasteiger charge is -2.11. The fourth-order valence-corrected chi connectivity index (χ4v) is 1.25. The van der Waals surface area contributed by atoms with Crippen molar-refractivity contribution in [2.45, 2.75) is 39.0 Å². The lowest BCUT2D eigenvalue weighted by atomic mass is 10.2. The van der Waals surface area contributed by atoms with E-state index in [1.54, 1.807) is 0 Å². The Morgan fingerprint density at radius 2 is 1.92 bits per heavy atom. The number of unbranched alkanes of at least 4 members (excludes halogenated alkanes) is 3. The van der Waals surface area contributed by atoms with Crippen molar-refractivity contribution in [3.8, 4) is 0 Å². The van der Waals surface area contributed by atoms with Crippen LogP contribution in [0.4, 0.5) is 0 Å². The Bertz CT molecular complexity index is 104. The quantitative estimate of drug-likeness (QED) is 0.321. The van der Waals surface area contributed by atoms with Crippen molar-refractivity contribution in [3.63, 3.8) is 0 Å². The molecule has 0 bridgehead atoms. The van der Waals surface area contributed by atoms with E-state index in [1.807, 2.05) is 10.5 Å². The van der Waals surface area contributed by atoms with Crippen LogP contribution in [0, 0.1) is 0 Å². The molecule has 0 saturated heterocycles. The summed E-state index contributed by atoms with van der Waals surface area (Å²) in [6, 6.07) is 0. The summed E-state index contributed by atoms with van der Waals surface area (Å²) in [5, 5.41) is 0. The van der Waals surface area contributed by atoms with Gasteiger partial charge < -0.3 is 0 Å². The molecule has 0 aromatic rings. The summed E-state index contributed by atoms with van der Waals surface area (Å²) in [6.07, 6.45) is 7.88. The summed E-state index contributed by atoms with van der Waals surface area (Å²) in [4.78, 5) is 0. The van der Waals surface area contributed by atoms with Crippen LogP contribution in [0.25, 0.3) is 0 Å². The third-order valence-corrected chi connectivity index (χ3v) is 2.15. The zero-order valence-corrected chi connectivity index (χ0v) is 8.82. The van der Waals surface area contributed by atoms with Gasteiger partial charge in [-0.15, -0.1) is 6.58 Å². The van der Waals surface area contributed by atoms with Crippen LogP contribution in [0.15, 0.2) is 12.7 Å². The molecule has 0 radical (unpaired) electrons. The second-order valence-corrected chi connectivity index (χ2v) is 3.53. The largest absolute Gasteiger partial charge is 0.220 e. The van der Waals surface area contributed by atoms with Crippen LogP contribution in [-0.4, -0.2) is 17.5 Å². The normalized spacial score (nSPS) is 10.6. The van der Waals surface area contributed by atoms with E-state index in [1.165, 1.54) is 25.7 Å². The molecule has 0 rings (SSSR count). The molecule has 0 saturated carbocycles. The molecule has 72 valence electrons. The van der Waals surface area contributed by atoms with Gasteiger partial charge in [0.15, 0.2) is 0 Å². The van der Waals surface area contributed by atoms with Crippen molar-refractivity contribution >= 4 is 11.8 Å². The van der Waals surface area contributed by atoms with Crippen LogP contribution in [0.1, 0.15) is 39.0 Å². The standard InChI is InChI=1S/C10H20ClN/c1-3-5-7-8-10-12(11)9-6-4-2/h3H,1,4-10H2,2H3. The Morgan fingerprint density at radius 3 is 2.50 bits per heavy atom. The summed E-state index contributed by atoms with van der Waals surface area (Å²) in [5.74, 6) is 0. The van der Waals surface area contributed by atoms with Crippen LogP contribution in [0.5, 0.6) is 0 Å². The second kappa shape index (κ2) is 9.08. The zero-order valence-electron chi connectivity index (χ0n) is 8.06. The number of allylic oxidation sites excluding steroid dienone is 1. The van der Waals surface area contributed by atoms with Gasteiger partial charge in [0.25, 0.3) is 0 Å². The first-order chi connectivity index (χ1) is 5.81. The molecule has 1 nitrogen and oxygen atoms in total. The highest BCUT2D eigenvalue weighted by atomic mass is 35.5. The number of rotatable bonds is 8. The van der Waals surface area contributed by atoms with Crippen LogP contribution in [0.3, 0.4) is 0 Å². The van der Waals surface area contributed by atoms with E-state index < -0.39 is 0 Å². The average Bonchev–Trinajstić information content (AvgIpc) is 2.09. The molecule has 0 aliphatic heterocycles. The Labute approximate surface area is 81.5 Å². The van der Waals surface area contributed by atoms with Gasteiger partial charge in [0.1, 0.15) is 0 Å². The van der Waals surface area contributed by atoms with Crippen molar-refractivity contribution in [3.05, 3.63) is 12.7 Å². The number of hydrogen-bond donors (Lipinski definition) is 0. The lowest BCUT2D eigenvalue weighted by Crippen LogP contribution is -2.14. The Balaban J connectivity index is 3.07. The van der Waals surface area contributed by atoms with Gasteiger partial charge in [-0.05, 0) is 37.5 Å². The maximum absolute atomic E-state index is 5.95. The SMILES string of the molecule is C=CCCCCN(Cl)CCCC. The van der Waals surface area contributed by atoms with Crippen LogP contribution in [0.2, 0.25) is 0 Å². The fraction of sp³-hybridized carbons (Fsp3) is 0.800. The van der Waals surface area contributed by atoms with Gasteiger partial charge in [-0.1, -0.05) is 19.4 Å². The molecular formula is C10H20ClN. The summed E-state index contributed by atoms with van der Waals surface area (Å²) >= 11 is 5.95. The van der Waals surface area contributed by atoms with Gasteiger partial charge in [0.05, 0.1) is 0 Å². The summed E-state index contributed by atoms with van der Waals surface area (Å²) in [7, 11) is 0. The molecule has 0 N–H and O–H groups in total. The van der Waals surface area contributed by atoms with Crippen molar-refractivity contribution in [2.75, 3.05) is 13.1 Å². The molecule has 0 unspecified atom stereocenters. The molecule has 2 heteroatoms. The molecule has 0 amide bonds. The first-order valence-electron chi connectivity index (χ1n) is 4.83. The van der Waals surface area contributed by atoms with Crippen LogP contribution >= 0.6 is 11.8 Å². The minimum atomic E-state index is 1.01. The topological polar surface area (TPSA) is 3.24 Å². The number of nitrogens with zero attached hydrogens (tertiary/aromatic N) is 1. The van der Waals surface area contributed by atoms with E-state index in [-0.39, 0.29) is 0 Å². The first-order valence-corrected chi connectivity index (χ1v) is 5.16. The molecule has 12 heavy (non-hydrogen) atoms. The highest BCUT2D eigenvalue weighted by Crippen LogP contribution is 2.03. The summed E-state index contributed by atoms with van der Waals surface area (Å²) in [5.41, 5.74) is 0. The van der Waals surface area contributed by atoms with E-state index in [9.17, 15) is 0 Å². The predicted molar refractivity (Wildman–Crippen MR) is 56.4 cm³/mol. The van der Waals surface area contributed by atoms with Gasteiger partial charge in [0.2, 0.25) is 0 Å². The second-order valence-electron chi connectivity index (χ2n) is 3.05. The number of hydrogen-bond acceptors (Lipinski definition) is 1. The maximum Gasteiger partial charge on any atom is 0.0139 e. The molecule has 0 fully saturated rings. The molecule has 0 aliphatic rings. The third kappa shape index (κ3) is 8.09. The van der Waals surface area contributed by atoms with Crippen LogP contribution in [-0.2, 0) is 0 Å². The van der Waals surface area contributed by atoms with Gasteiger partial charge in [-0.2, -0.15) is 0 Å². The molecule has 0 aromatic heterocycles. The first kappa shape index (κ1) is 12.0. The van der Waals surface area contributed by atoms with Crippen molar-refractivity contribution in [1.29, 1.82) is 0 Å². The molecular weight excluding hydrogens is 170 g/mol.